The molecule has 1 rings (SSSR count). The lowest BCUT2D eigenvalue weighted by Gasteiger charge is -1.78. The van der Waals surface area contributed by atoms with Crippen molar-refractivity contribution in [3.63, 3.8) is 0 Å². The Morgan fingerprint density at radius 2 is 2.83 bits per heavy atom. The van der Waals surface area contributed by atoms with Crippen molar-refractivity contribution in [2.24, 2.45) is 4.99 Å². The van der Waals surface area contributed by atoms with E-state index < -0.39 is 0 Å². The molecule has 0 aromatic heterocycles. The van der Waals surface area contributed by atoms with Crippen LogP contribution in [0, 0.1) is 0 Å². The first-order valence-electron chi connectivity index (χ1n) is 1.80. The van der Waals surface area contributed by atoms with Crippen LogP contribution in [-0.2, 0) is 0 Å². The van der Waals surface area contributed by atoms with Crippen molar-refractivity contribution in [1.82, 2.24) is 4.72 Å². The summed E-state index contributed by atoms with van der Waals surface area (Å²) in [6.07, 6.45) is 0. The number of rotatable bonds is 0. The van der Waals surface area contributed by atoms with Crippen LogP contribution in [0.1, 0.15) is 6.92 Å². The molecule has 0 unspecified atom stereocenters. The van der Waals surface area contributed by atoms with Gasteiger partial charge in [-0.1, -0.05) is 0 Å². The molecule has 3 heteroatoms. The smallest absolute Gasteiger partial charge is 0.0987 e. The first kappa shape index (κ1) is 4.15. The zero-order chi connectivity index (χ0) is 4.41. The molecule has 0 amide bonds. The van der Waals surface area contributed by atoms with E-state index in [0.717, 1.165) is 11.7 Å². The molecule has 0 fully saturated rings. The molecule has 0 aromatic rings. The Labute approximate surface area is 41.2 Å². The minimum atomic E-state index is 0.788. The van der Waals surface area contributed by atoms with Gasteiger partial charge in [-0.25, -0.2) is 4.72 Å². The van der Waals surface area contributed by atoms with Crippen LogP contribution in [0.4, 0.5) is 0 Å². The van der Waals surface area contributed by atoms with E-state index in [0.29, 0.717) is 0 Å². The third-order valence-electron chi connectivity index (χ3n) is 0.586. The molecule has 1 heterocycles. The second-order valence-corrected chi connectivity index (χ2v) is 2.17. The lowest BCUT2D eigenvalue weighted by Crippen LogP contribution is -1.93. The highest BCUT2D eigenvalue weighted by atomic mass is 32.2. The van der Waals surface area contributed by atoms with Gasteiger partial charge in [-0.3, -0.25) is 4.99 Å². The fourth-order valence-corrected chi connectivity index (χ4v) is 0.780. The number of hydrogen-bond acceptors (Lipinski definition) is 3. The first-order chi connectivity index (χ1) is 2.89. The Bertz CT molecular complexity index is 78.9. The second-order valence-electron chi connectivity index (χ2n) is 1.08. The summed E-state index contributed by atoms with van der Waals surface area (Å²) < 4.78 is 2.98. The van der Waals surface area contributed by atoms with Crippen molar-refractivity contribution in [2.45, 2.75) is 6.92 Å². The molecular formula is C3H6N2S. The van der Waals surface area contributed by atoms with E-state index in [1.54, 1.807) is 11.9 Å². The van der Waals surface area contributed by atoms with E-state index in [-0.39, 0.29) is 0 Å². The van der Waals surface area contributed by atoms with E-state index in [1.807, 2.05) is 6.92 Å². The van der Waals surface area contributed by atoms with Crippen molar-refractivity contribution in [3.05, 3.63) is 0 Å². The van der Waals surface area contributed by atoms with Crippen LogP contribution in [0.2, 0.25) is 0 Å². The van der Waals surface area contributed by atoms with E-state index in [2.05, 4.69) is 9.71 Å². The normalized spacial score (nSPS) is 21.2. The Morgan fingerprint density at radius 1 is 2.00 bits per heavy atom. The second kappa shape index (κ2) is 1.62. The van der Waals surface area contributed by atoms with Gasteiger partial charge in [0, 0.05) is 0 Å². The fraction of sp³-hybridized carbons (Fsp3) is 0.667. The van der Waals surface area contributed by atoms with E-state index >= 15 is 0 Å². The number of nitrogens with one attached hydrogen (secondary N) is 1. The van der Waals surface area contributed by atoms with Gasteiger partial charge in [0.2, 0.25) is 0 Å². The molecule has 1 aliphatic heterocycles. The van der Waals surface area contributed by atoms with Gasteiger partial charge < -0.3 is 0 Å². The van der Waals surface area contributed by atoms with Crippen molar-refractivity contribution in [1.29, 1.82) is 0 Å². The third-order valence-corrected chi connectivity index (χ3v) is 1.28. The Hall–Kier alpha value is -0.0200. The molecule has 0 saturated heterocycles. The summed E-state index contributed by atoms with van der Waals surface area (Å²) >= 11 is 1.60. The van der Waals surface area contributed by atoms with Gasteiger partial charge in [-0.15, -0.1) is 0 Å². The monoisotopic (exact) mass is 102 g/mol. The highest BCUT2D eigenvalue weighted by Crippen LogP contribution is 2.02. The molecule has 0 radical (unpaired) electrons. The Kier molecular flexibility index (Phi) is 1.12. The Morgan fingerprint density at radius 3 is 3.00 bits per heavy atom. The van der Waals surface area contributed by atoms with Gasteiger partial charge in [0.25, 0.3) is 0 Å². The van der Waals surface area contributed by atoms with Gasteiger partial charge >= 0.3 is 0 Å². The van der Waals surface area contributed by atoms with Gasteiger partial charge in [0.15, 0.2) is 0 Å². The van der Waals surface area contributed by atoms with Crippen LogP contribution in [0.5, 0.6) is 0 Å². The summed E-state index contributed by atoms with van der Waals surface area (Å²) in [5.41, 5.74) is 0. The van der Waals surface area contributed by atoms with Crippen LogP contribution < -0.4 is 4.72 Å². The standard InChI is InChI=1S/C3H6N2S/c1-3-4-2-5-6-3/h5H,2H2,1H3. The molecular weight excluding hydrogens is 96.1 g/mol. The highest BCUT2D eigenvalue weighted by molar-refractivity contribution is 8.12. The molecule has 0 aromatic carbocycles. The highest BCUT2D eigenvalue weighted by Gasteiger charge is 1.95. The van der Waals surface area contributed by atoms with Crippen LogP contribution in [0.25, 0.3) is 0 Å². The van der Waals surface area contributed by atoms with E-state index in [1.165, 1.54) is 0 Å². The zero-order valence-corrected chi connectivity index (χ0v) is 4.38. The topological polar surface area (TPSA) is 24.4 Å². The summed E-state index contributed by atoms with van der Waals surface area (Å²) in [6, 6.07) is 0. The first-order valence-corrected chi connectivity index (χ1v) is 2.62. The predicted molar refractivity (Wildman–Crippen MR) is 28.7 cm³/mol. The average molecular weight is 102 g/mol. The molecule has 1 N–H and O–H groups in total. The molecule has 34 valence electrons. The van der Waals surface area contributed by atoms with Crippen molar-refractivity contribution in [3.8, 4) is 0 Å². The van der Waals surface area contributed by atoms with Gasteiger partial charge in [0.1, 0.15) is 0 Å². The van der Waals surface area contributed by atoms with E-state index in [4.69, 9.17) is 0 Å². The van der Waals surface area contributed by atoms with Gasteiger partial charge in [0.05, 0.1) is 11.7 Å². The minimum absolute atomic E-state index is 0.788. The average Bonchev–Trinajstić information content (AvgIpc) is 1.86. The Balaban J connectivity index is 2.45. The van der Waals surface area contributed by atoms with Crippen LogP contribution in [0.15, 0.2) is 4.99 Å². The molecule has 1 aliphatic rings. The molecule has 0 bridgehead atoms. The lowest BCUT2D eigenvalue weighted by molar-refractivity contribution is 1.01. The molecule has 0 saturated carbocycles. The van der Waals surface area contributed by atoms with Crippen molar-refractivity contribution in [2.75, 3.05) is 6.67 Å². The summed E-state index contributed by atoms with van der Waals surface area (Å²) in [5.74, 6) is 0. The SMILES string of the molecule is CC1=NCNS1. The summed E-state index contributed by atoms with van der Waals surface area (Å²) in [6.45, 7) is 2.78. The quantitative estimate of drug-likeness (QED) is 0.453. The van der Waals surface area contributed by atoms with Crippen molar-refractivity contribution < 1.29 is 0 Å². The van der Waals surface area contributed by atoms with Crippen molar-refractivity contribution >= 4 is 17.0 Å². The van der Waals surface area contributed by atoms with Gasteiger partial charge in [-0.2, -0.15) is 0 Å². The maximum absolute atomic E-state index is 4.00. The molecule has 0 aliphatic carbocycles. The fourth-order valence-electron chi connectivity index (χ4n) is 0.313. The largest absolute Gasteiger partial charge is 0.266 e. The van der Waals surface area contributed by atoms with E-state index in [9.17, 15) is 0 Å². The molecule has 2 nitrogen and oxygen atoms in total. The summed E-state index contributed by atoms with van der Waals surface area (Å²) in [4.78, 5) is 4.00. The number of nitrogens with zero attached hydrogens (tertiary/aromatic N) is 1. The summed E-state index contributed by atoms with van der Waals surface area (Å²) in [5, 5.41) is 1.13. The van der Waals surface area contributed by atoms with Crippen LogP contribution in [0.3, 0.4) is 0 Å². The zero-order valence-electron chi connectivity index (χ0n) is 3.56. The maximum Gasteiger partial charge on any atom is 0.0987 e. The molecule has 0 spiro atoms. The van der Waals surface area contributed by atoms with Gasteiger partial charge in [-0.05, 0) is 18.9 Å². The summed E-state index contributed by atoms with van der Waals surface area (Å²) in [7, 11) is 0. The number of hydrogen-bond donors (Lipinski definition) is 1. The number of aliphatic imine (C=N–C) groups is 1. The molecule has 6 heavy (non-hydrogen) atoms. The van der Waals surface area contributed by atoms with Crippen LogP contribution in [-0.4, -0.2) is 11.7 Å². The third kappa shape index (κ3) is 0.725. The minimum Gasteiger partial charge on any atom is -0.266 e. The lowest BCUT2D eigenvalue weighted by atomic mass is 10.9. The van der Waals surface area contributed by atoms with Crippen LogP contribution >= 0.6 is 11.9 Å². The molecule has 0 atom stereocenters. The maximum atomic E-state index is 4.00. The predicted octanol–water partition coefficient (Wildman–Crippen LogP) is 0.614.